The number of piperidine rings is 1. The number of carbonyl (C=O) groups excluding carboxylic acids is 1. The lowest BCUT2D eigenvalue weighted by Gasteiger charge is -2.30. The van der Waals surface area contributed by atoms with Crippen LogP contribution in [0.5, 0.6) is 5.75 Å². The van der Waals surface area contributed by atoms with E-state index in [9.17, 15) is 13.2 Å². The van der Waals surface area contributed by atoms with Crippen molar-refractivity contribution in [2.24, 2.45) is 5.92 Å². The van der Waals surface area contributed by atoms with Crippen LogP contribution in [0.1, 0.15) is 29.5 Å². The second-order valence-corrected chi connectivity index (χ2v) is 9.56. The summed E-state index contributed by atoms with van der Waals surface area (Å²) in [6.45, 7) is 6.48. The van der Waals surface area contributed by atoms with Crippen LogP contribution < -0.4 is 10.1 Å². The number of carbonyl (C=O) groups is 1. The number of rotatable bonds is 5. The Balaban J connectivity index is 1.66. The molecule has 29 heavy (non-hydrogen) atoms. The molecule has 0 bridgehead atoms. The van der Waals surface area contributed by atoms with E-state index in [-0.39, 0.29) is 11.8 Å². The fourth-order valence-electron chi connectivity index (χ4n) is 3.54. The lowest BCUT2D eigenvalue weighted by atomic mass is 9.97. The van der Waals surface area contributed by atoms with Crippen molar-refractivity contribution < 1.29 is 17.9 Å². The highest BCUT2D eigenvalue weighted by Crippen LogP contribution is 2.29. The Morgan fingerprint density at radius 3 is 2.34 bits per heavy atom. The molecule has 7 heteroatoms. The van der Waals surface area contributed by atoms with Gasteiger partial charge in [0.25, 0.3) is 0 Å². The van der Waals surface area contributed by atoms with E-state index in [1.165, 1.54) is 4.31 Å². The van der Waals surface area contributed by atoms with Crippen molar-refractivity contribution in [1.82, 2.24) is 4.31 Å². The first-order valence-electron chi connectivity index (χ1n) is 9.75. The van der Waals surface area contributed by atoms with Crippen LogP contribution in [0.25, 0.3) is 0 Å². The zero-order valence-corrected chi connectivity index (χ0v) is 18.2. The maximum atomic E-state index is 12.9. The highest BCUT2D eigenvalue weighted by Gasteiger charge is 2.32. The molecule has 1 aliphatic rings. The van der Waals surface area contributed by atoms with Crippen molar-refractivity contribution in [3.8, 4) is 5.75 Å². The lowest BCUT2D eigenvalue weighted by molar-refractivity contribution is -0.120. The van der Waals surface area contributed by atoms with Gasteiger partial charge in [-0.25, -0.2) is 8.42 Å². The maximum absolute atomic E-state index is 12.9. The number of hydrogen-bond donors (Lipinski definition) is 1. The summed E-state index contributed by atoms with van der Waals surface area (Å²) in [6, 6.07) is 10.8. The highest BCUT2D eigenvalue weighted by atomic mass is 32.2. The maximum Gasteiger partial charge on any atom is 0.243 e. The van der Waals surface area contributed by atoms with Crippen molar-refractivity contribution >= 4 is 21.6 Å². The summed E-state index contributed by atoms with van der Waals surface area (Å²) in [4.78, 5) is 13.0. The Morgan fingerprint density at radius 2 is 1.72 bits per heavy atom. The number of nitrogens with zero attached hydrogens (tertiary/aromatic N) is 1. The number of sulfonamides is 1. The average molecular weight is 417 g/mol. The molecule has 0 spiro atoms. The van der Waals surface area contributed by atoms with Gasteiger partial charge in [0.15, 0.2) is 0 Å². The summed E-state index contributed by atoms with van der Waals surface area (Å²) >= 11 is 0. The topological polar surface area (TPSA) is 75.7 Å². The number of aryl methyl sites for hydroxylation is 3. The summed E-state index contributed by atoms with van der Waals surface area (Å²) in [7, 11) is -1.98. The summed E-state index contributed by atoms with van der Waals surface area (Å²) < 4.78 is 32.7. The standard InChI is InChI=1S/C22H28N2O4S/c1-15-5-8-21(28-4)20(13-15)23-22(25)18-9-11-24(12-10-18)29(26,27)19-7-6-16(2)17(3)14-19/h5-8,13-14,18H,9-12H2,1-4H3,(H,23,25). The summed E-state index contributed by atoms with van der Waals surface area (Å²) in [5, 5.41) is 2.94. The van der Waals surface area contributed by atoms with Crippen LogP contribution in [-0.4, -0.2) is 38.8 Å². The molecule has 3 rings (SSSR count). The first-order chi connectivity index (χ1) is 13.7. The third-order valence-electron chi connectivity index (χ3n) is 5.55. The van der Waals surface area contributed by atoms with Crippen molar-refractivity contribution in [1.29, 1.82) is 0 Å². The molecule has 1 heterocycles. The van der Waals surface area contributed by atoms with Crippen molar-refractivity contribution in [2.45, 2.75) is 38.5 Å². The minimum atomic E-state index is -3.54. The van der Waals surface area contributed by atoms with Gasteiger partial charge in [-0.1, -0.05) is 12.1 Å². The minimum absolute atomic E-state index is 0.0999. The van der Waals surface area contributed by atoms with Crippen LogP contribution in [0, 0.1) is 26.7 Å². The average Bonchev–Trinajstić information content (AvgIpc) is 2.70. The number of anilines is 1. The zero-order chi connectivity index (χ0) is 21.2. The molecule has 2 aromatic carbocycles. The second-order valence-electron chi connectivity index (χ2n) is 7.62. The van der Waals surface area contributed by atoms with E-state index in [2.05, 4.69) is 5.32 Å². The van der Waals surface area contributed by atoms with Gasteiger partial charge < -0.3 is 10.1 Å². The Labute approximate surface area is 172 Å². The molecule has 1 N–H and O–H groups in total. The van der Waals surface area contributed by atoms with E-state index in [0.717, 1.165) is 16.7 Å². The lowest BCUT2D eigenvalue weighted by Crippen LogP contribution is -2.41. The van der Waals surface area contributed by atoms with Gasteiger partial charge in [-0.2, -0.15) is 4.31 Å². The van der Waals surface area contributed by atoms with E-state index in [1.54, 1.807) is 19.2 Å². The van der Waals surface area contributed by atoms with Gasteiger partial charge in [-0.3, -0.25) is 4.79 Å². The molecule has 2 aromatic rings. The molecule has 1 fully saturated rings. The minimum Gasteiger partial charge on any atom is -0.495 e. The van der Waals surface area contributed by atoms with Gasteiger partial charge in [0.1, 0.15) is 5.75 Å². The molecule has 0 unspecified atom stereocenters. The predicted molar refractivity (Wildman–Crippen MR) is 114 cm³/mol. The summed E-state index contributed by atoms with van der Waals surface area (Å²) in [5.74, 6) is 0.280. The fraction of sp³-hybridized carbons (Fsp3) is 0.409. The quantitative estimate of drug-likeness (QED) is 0.807. The first-order valence-corrected chi connectivity index (χ1v) is 11.2. The first kappa shape index (κ1) is 21.3. The van der Waals surface area contributed by atoms with E-state index in [1.807, 2.05) is 45.0 Å². The molecule has 0 aliphatic carbocycles. The molecular formula is C22H28N2O4S. The Kier molecular flexibility index (Phi) is 6.29. The van der Waals surface area contributed by atoms with E-state index in [0.29, 0.717) is 42.3 Å². The SMILES string of the molecule is COc1ccc(C)cc1NC(=O)C1CCN(S(=O)(=O)c2ccc(C)c(C)c2)CC1. The van der Waals surface area contributed by atoms with Gasteiger partial charge in [-0.05, 0) is 74.6 Å². The molecular weight excluding hydrogens is 388 g/mol. The third kappa shape index (κ3) is 4.62. The zero-order valence-electron chi connectivity index (χ0n) is 17.4. The van der Waals surface area contributed by atoms with E-state index < -0.39 is 10.0 Å². The molecule has 1 amide bonds. The summed E-state index contributed by atoms with van der Waals surface area (Å²) in [6.07, 6.45) is 0.980. The van der Waals surface area contributed by atoms with Crippen LogP contribution >= 0.6 is 0 Å². The van der Waals surface area contributed by atoms with Gasteiger partial charge >= 0.3 is 0 Å². The number of methoxy groups -OCH3 is 1. The molecule has 1 aliphatic heterocycles. The monoisotopic (exact) mass is 416 g/mol. The van der Waals surface area contributed by atoms with E-state index >= 15 is 0 Å². The van der Waals surface area contributed by atoms with Gasteiger partial charge in [0.05, 0.1) is 17.7 Å². The number of hydrogen-bond acceptors (Lipinski definition) is 4. The van der Waals surface area contributed by atoms with Crippen molar-refractivity contribution in [3.05, 3.63) is 53.1 Å². The Bertz CT molecular complexity index is 1010. The second kappa shape index (κ2) is 8.55. The highest BCUT2D eigenvalue weighted by molar-refractivity contribution is 7.89. The molecule has 6 nitrogen and oxygen atoms in total. The van der Waals surface area contributed by atoms with Crippen molar-refractivity contribution in [2.75, 3.05) is 25.5 Å². The molecule has 0 atom stereocenters. The van der Waals surface area contributed by atoms with E-state index in [4.69, 9.17) is 4.74 Å². The summed E-state index contributed by atoms with van der Waals surface area (Å²) in [5.41, 5.74) is 3.68. The van der Waals surface area contributed by atoms with Crippen LogP contribution in [0.15, 0.2) is 41.3 Å². The number of nitrogens with one attached hydrogen (secondary N) is 1. The normalized spacial score (nSPS) is 15.9. The van der Waals surface area contributed by atoms with Crippen LogP contribution in [0.4, 0.5) is 5.69 Å². The van der Waals surface area contributed by atoms with Gasteiger partial charge in [-0.15, -0.1) is 0 Å². The molecule has 0 aromatic heterocycles. The van der Waals surface area contributed by atoms with Crippen LogP contribution in [0.2, 0.25) is 0 Å². The molecule has 0 saturated carbocycles. The number of ether oxygens (including phenoxy) is 1. The van der Waals surface area contributed by atoms with Crippen LogP contribution in [0.3, 0.4) is 0 Å². The molecule has 0 radical (unpaired) electrons. The Hall–Kier alpha value is -2.38. The smallest absolute Gasteiger partial charge is 0.243 e. The van der Waals surface area contributed by atoms with Crippen LogP contribution in [-0.2, 0) is 14.8 Å². The molecule has 156 valence electrons. The predicted octanol–water partition coefficient (Wildman–Crippen LogP) is 3.66. The number of benzene rings is 2. The van der Waals surface area contributed by atoms with Gasteiger partial charge in [0, 0.05) is 19.0 Å². The largest absolute Gasteiger partial charge is 0.495 e. The fourth-order valence-corrected chi connectivity index (χ4v) is 5.09. The number of amides is 1. The Morgan fingerprint density at radius 1 is 1.03 bits per heavy atom. The van der Waals surface area contributed by atoms with Gasteiger partial charge in [0.2, 0.25) is 15.9 Å². The third-order valence-corrected chi connectivity index (χ3v) is 7.45. The van der Waals surface area contributed by atoms with Crippen molar-refractivity contribution in [3.63, 3.8) is 0 Å². The molecule has 1 saturated heterocycles.